The van der Waals surface area contributed by atoms with Crippen LogP contribution in [0.1, 0.15) is 33.8 Å². The lowest BCUT2D eigenvalue weighted by molar-refractivity contribution is -0.130. The van der Waals surface area contributed by atoms with Crippen LogP contribution in [0.4, 0.5) is 5.69 Å². The van der Waals surface area contributed by atoms with Crippen molar-refractivity contribution in [1.82, 2.24) is 4.90 Å². The summed E-state index contributed by atoms with van der Waals surface area (Å²) in [7, 11) is 0. The van der Waals surface area contributed by atoms with Crippen LogP contribution in [0.15, 0.2) is 126 Å². The van der Waals surface area contributed by atoms with Crippen molar-refractivity contribution in [3.8, 4) is 0 Å². The van der Waals surface area contributed by atoms with Crippen molar-refractivity contribution in [2.45, 2.75) is 18.1 Å². The Labute approximate surface area is 209 Å². The van der Waals surface area contributed by atoms with Gasteiger partial charge in [-0.1, -0.05) is 72.8 Å². The number of nitrogens with one attached hydrogen (secondary N) is 1. The first kappa shape index (κ1) is 23.2. The summed E-state index contributed by atoms with van der Waals surface area (Å²) in [6.45, 7) is 0.0118. The Balaban J connectivity index is 1.47. The lowest BCUT2D eigenvalue weighted by Crippen LogP contribution is -2.44. The number of amides is 1. The zero-order valence-corrected chi connectivity index (χ0v) is 19.6. The Morgan fingerprint density at radius 1 is 0.889 bits per heavy atom. The number of ether oxygens (including phenoxy) is 1. The normalized spacial score (nSPS) is 16.5. The van der Waals surface area contributed by atoms with Gasteiger partial charge in [0.2, 0.25) is 5.91 Å². The second kappa shape index (κ2) is 10.8. The molecule has 3 atom stereocenters. The number of carbonyl (C=O) groups excluding carboxylic acids is 2. The highest BCUT2D eigenvalue weighted by Crippen LogP contribution is 2.36. The number of hydrogen-bond acceptors (Lipinski definition) is 5. The van der Waals surface area contributed by atoms with Crippen LogP contribution in [0.3, 0.4) is 0 Å². The number of esters is 1. The minimum atomic E-state index is -0.499. The average Bonchev–Trinajstić information content (AvgIpc) is 3.60. The molecule has 0 saturated heterocycles. The third-order valence-electron chi connectivity index (χ3n) is 6.20. The van der Waals surface area contributed by atoms with E-state index in [0.29, 0.717) is 11.3 Å². The van der Waals surface area contributed by atoms with E-state index < -0.39 is 12.0 Å². The summed E-state index contributed by atoms with van der Waals surface area (Å²) in [5, 5.41) is 3.52. The van der Waals surface area contributed by atoms with Gasteiger partial charge in [0.1, 0.15) is 18.4 Å². The van der Waals surface area contributed by atoms with Crippen molar-refractivity contribution >= 4 is 17.6 Å². The molecular formula is C30H26N2O4. The average molecular weight is 479 g/mol. The SMILES string of the molecule is O=C(OC[C@@H](c1ccccc1)N1C(=O)C=CC1C(Nc1ccccc1)c1ccco1)c1ccccc1. The maximum Gasteiger partial charge on any atom is 0.338 e. The van der Waals surface area contributed by atoms with Crippen molar-refractivity contribution in [1.29, 1.82) is 0 Å². The van der Waals surface area contributed by atoms with Crippen LogP contribution in [0.25, 0.3) is 0 Å². The van der Waals surface area contributed by atoms with E-state index in [4.69, 9.17) is 9.15 Å². The van der Waals surface area contributed by atoms with Gasteiger partial charge in [-0.2, -0.15) is 0 Å². The van der Waals surface area contributed by atoms with Gasteiger partial charge in [-0.15, -0.1) is 0 Å². The topological polar surface area (TPSA) is 71.8 Å². The van der Waals surface area contributed by atoms with Gasteiger partial charge >= 0.3 is 5.97 Å². The Bertz CT molecular complexity index is 1310. The lowest BCUT2D eigenvalue weighted by Gasteiger charge is -2.37. The van der Waals surface area contributed by atoms with Crippen LogP contribution in [0.5, 0.6) is 0 Å². The molecule has 5 rings (SSSR count). The van der Waals surface area contributed by atoms with Gasteiger partial charge in [-0.05, 0) is 42.0 Å². The minimum Gasteiger partial charge on any atom is -0.467 e. The smallest absolute Gasteiger partial charge is 0.338 e. The largest absolute Gasteiger partial charge is 0.467 e. The number of para-hydroxylation sites is 1. The zero-order valence-electron chi connectivity index (χ0n) is 19.6. The standard InChI is InChI=1S/C30H26N2O4/c33-28-19-18-25(29(27-17-10-20-35-27)31-24-15-8-3-9-16-24)32(28)26(22-11-4-1-5-12-22)21-36-30(34)23-13-6-2-7-14-23/h1-20,25-26,29,31H,21H2/t25?,26-,29?/m0/s1. The molecule has 6 heteroatoms. The number of hydrogen-bond donors (Lipinski definition) is 1. The number of anilines is 1. The third kappa shape index (κ3) is 5.08. The fourth-order valence-electron chi connectivity index (χ4n) is 4.47. The summed E-state index contributed by atoms with van der Waals surface area (Å²) in [6, 6.07) is 30.7. The zero-order chi connectivity index (χ0) is 24.7. The van der Waals surface area contributed by atoms with E-state index in [2.05, 4.69) is 5.32 Å². The van der Waals surface area contributed by atoms with E-state index in [1.54, 1.807) is 41.5 Å². The first-order valence-corrected chi connectivity index (χ1v) is 11.8. The predicted octanol–water partition coefficient (Wildman–Crippen LogP) is 5.80. The van der Waals surface area contributed by atoms with Crippen LogP contribution in [0, 0.1) is 0 Å². The first-order chi connectivity index (χ1) is 17.7. The maximum absolute atomic E-state index is 13.3. The van der Waals surface area contributed by atoms with E-state index >= 15 is 0 Å². The molecule has 1 N–H and O–H groups in total. The van der Waals surface area contributed by atoms with Crippen molar-refractivity contribution in [2.75, 3.05) is 11.9 Å². The highest BCUT2D eigenvalue weighted by Gasteiger charge is 2.40. The summed E-state index contributed by atoms with van der Waals surface area (Å²) >= 11 is 0. The molecule has 3 aromatic carbocycles. The second-order valence-electron chi connectivity index (χ2n) is 8.49. The van der Waals surface area contributed by atoms with Crippen LogP contribution >= 0.6 is 0 Å². The Hall–Kier alpha value is -4.58. The van der Waals surface area contributed by atoms with Gasteiger partial charge in [0, 0.05) is 11.8 Å². The van der Waals surface area contributed by atoms with E-state index in [1.807, 2.05) is 84.9 Å². The fraction of sp³-hybridized carbons (Fsp3) is 0.133. The van der Waals surface area contributed by atoms with Gasteiger partial charge in [-0.25, -0.2) is 4.79 Å². The number of nitrogens with zero attached hydrogens (tertiary/aromatic N) is 1. The number of furan rings is 1. The molecule has 36 heavy (non-hydrogen) atoms. The molecule has 0 saturated carbocycles. The molecular weight excluding hydrogens is 452 g/mol. The van der Waals surface area contributed by atoms with Gasteiger partial charge in [0.25, 0.3) is 0 Å². The van der Waals surface area contributed by atoms with Crippen LogP contribution in [-0.2, 0) is 9.53 Å². The quantitative estimate of drug-likeness (QED) is 0.308. The fourth-order valence-corrected chi connectivity index (χ4v) is 4.47. The van der Waals surface area contributed by atoms with E-state index in [9.17, 15) is 9.59 Å². The second-order valence-corrected chi connectivity index (χ2v) is 8.49. The Morgan fingerprint density at radius 3 is 2.22 bits per heavy atom. The number of benzene rings is 3. The van der Waals surface area contributed by atoms with Crippen LogP contribution in [-0.4, -0.2) is 29.4 Å². The maximum atomic E-state index is 13.3. The molecule has 2 unspecified atom stereocenters. The summed E-state index contributed by atoms with van der Waals surface area (Å²) < 4.78 is 11.5. The minimum absolute atomic E-state index is 0.0118. The molecule has 0 aliphatic carbocycles. The lowest BCUT2D eigenvalue weighted by atomic mass is 10.00. The molecule has 0 fully saturated rings. The van der Waals surface area contributed by atoms with Crippen LogP contribution < -0.4 is 5.32 Å². The molecule has 6 nitrogen and oxygen atoms in total. The molecule has 0 spiro atoms. The van der Waals surface area contributed by atoms with Crippen molar-refractivity contribution in [3.63, 3.8) is 0 Å². The molecule has 0 radical (unpaired) electrons. The van der Waals surface area contributed by atoms with Crippen molar-refractivity contribution in [2.24, 2.45) is 0 Å². The monoisotopic (exact) mass is 478 g/mol. The molecule has 1 aliphatic heterocycles. The summed E-state index contributed by atoms with van der Waals surface area (Å²) in [4.78, 5) is 27.8. The van der Waals surface area contributed by atoms with E-state index in [0.717, 1.165) is 11.3 Å². The van der Waals surface area contributed by atoms with Crippen LogP contribution in [0.2, 0.25) is 0 Å². The first-order valence-electron chi connectivity index (χ1n) is 11.8. The van der Waals surface area contributed by atoms with Gasteiger partial charge in [-0.3, -0.25) is 4.79 Å². The summed E-state index contributed by atoms with van der Waals surface area (Å²) in [5.74, 6) is 0.106. The molecule has 1 amide bonds. The highest BCUT2D eigenvalue weighted by molar-refractivity contribution is 5.91. The molecule has 0 bridgehead atoms. The van der Waals surface area contributed by atoms with Crippen molar-refractivity contribution < 1.29 is 18.7 Å². The summed E-state index contributed by atoms with van der Waals surface area (Å²) in [5.41, 5.74) is 2.24. The van der Waals surface area contributed by atoms with Gasteiger partial charge in [0.05, 0.1) is 23.9 Å². The Kier molecular flexibility index (Phi) is 6.94. The van der Waals surface area contributed by atoms with E-state index in [1.165, 1.54) is 0 Å². The summed E-state index contributed by atoms with van der Waals surface area (Å²) in [6.07, 6.45) is 5.07. The third-order valence-corrected chi connectivity index (χ3v) is 6.20. The van der Waals surface area contributed by atoms with Crippen molar-refractivity contribution in [3.05, 3.63) is 138 Å². The molecule has 4 aromatic rings. The molecule has 1 aliphatic rings. The Morgan fingerprint density at radius 2 is 1.56 bits per heavy atom. The predicted molar refractivity (Wildman–Crippen MR) is 137 cm³/mol. The highest BCUT2D eigenvalue weighted by atomic mass is 16.5. The van der Waals surface area contributed by atoms with Gasteiger partial charge < -0.3 is 19.4 Å². The number of rotatable bonds is 9. The molecule has 2 heterocycles. The van der Waals surface area contributed by atoms with Gasteiger partial charge in [0.15, 0.2) is 0 Å². The number of carbonyl (C=O) groups is 2. The van der Waals surface area contributed by atoms with E-state index in [-0.39, 0.29) is 24.6 Å². The molecule has 1 aromatic heterocycles. The molecule has 180 valence electrons.